The molecule has 20 heavy (non-hydrogen) atoms. The zero-order chi connectivity index (χ0) is 14.5. The molecule has 0 bridgehead atoms. The van der Waals surface area contributed by atoms with Crippen LogP contribution in [0, 0.1) is 6.92 Å². The van der Waals surface area contributed by atoms with Crippen molar-refractivity contribution in [1.29, 1.82) is 0 Å². The Balaban J connectivity index is 2.02. The molecule has 0 unspecified atom stereocenters. The third-order valence-corrected chi connectivity index (χ3v) is 3.39. The van der Waals surface area contributed by atoms with Gasteiger partial charge in [0.15, 0.2) is 0 Å². The summed E-state index contributed by atoms with van der Waals surface area (Å²) in [6.45, 7) is 1.99. The largest absolute Gasteiger partial charge is 0.481 e. The van der Waals surface area contributed by atoms with Gasteiger partial charge >= 0.3 is 5.97 Å². The first-order valence-corrected chi connectivity index (χ1v) is 6.78. The monoisotopic (exact) mass is 291 g/mol. The highest BCUT2D eigenvalue weighted by Gasteiger charge is 2.10. The summed E-state index contributed by atoms with van der Waals surface area (Å²) in [7, 11) is 0. The van der Waals surface area contributed by atoms with E-state index in [1.54, 1.807) is 0 Å². The van der Waals surface area contributed by atoms with E-state index in [0.29, 0.717) is 10.1 Å². The molecule has 0 radical (unpaired) electrons. The SMILES string of the molecule is Cc1cccc(-c2nnc(NC(=O)CCC(=O)O)s2)c1. The number of hydrogen-bond donors (Lipinski definition) is 2. The van der Waals surface area contributed by atoms with Crippen LogP contribution < -0.4 is 5.32 Å². The molecule has 0 aliphatic carbocycles. The first-order valence-electron chi connectivity index (χ1n) is 5.97. The van der Waals surface area contributed by atoms with E-state index in [0.717, 1.165) is 11.1 Å². The number of aryl methyl sites for hydroxylation is 1. The number of nitrogens with one attached hydrogen (secondary N) is 1. The summed E-state index contributed by atoms with van der Waals surface area (Å²) < 4.78 is 0. The van der Waals surface area contributed by atoms with Gasteiger partial charge in [0.2, 0.25) is 11.0 Å². The molecule has 2 N–H and O–H groups in total. The number of anilines is 1. The van der Waals surface area contributed by atoms with E-state index in [1.807, 2.05) is 31.2 Å². The number of benzene rings is 1. The van der Waals surface area contributed by atoms with Gasteiger partial charge in [0.05, 0.1) is 6.42 Å². The summed E-state index contributed by atoms with van der Waals surface area (Å²) in [6.07, 6.45) is -0.274. The highest BCUT2D eigenvalue weighted by atomic mass is 32.1. The fourth-order valence-corrected chi connectivity index (χ4v) is 2.33. The number of carboxylic acids is 1. The molecule has 6 nitrogen and oxygen atoms in total. The van der Waals surface area contributed by atoms with Gasteiger partial charge in [-0.25, -0.2) is 0 Å². The third kappa shape index (κ3) is 3.86. The van der Waals surface area contributed by atoms with Gasteiger partial charge in [0.1, 0.15) is 5.01 Å². The molecule has 104 valence electrons. The number of aliphatic carboxylic acids is 1. The van der Waals surface area contributed by atoms with Crippen molar-refractivity contribution in [3.63, 3.8) is 0 Å². The molecule has 0 saturated heterocycles. The van der Waals surface area contributed by atoms with Crippen molar-refractivity contribution in [3.05, 3.63) is 29.8 Å². The molecule has 0 aliphatic heterocycles. The predicted molar refractivity (Wildman–Crippen MR) is 75.6 cm³/mol. The molecule has 0 atom stereocenters. The predicted octanol–water partition coefficient (Wildman–Crippen LogP) is 2.32. The number of nitrogens with zero attached hydrogens (tertiary/aromatic N) is 2. The second-order valence-corrected chi connectivity index (χ2v) is 5.20. The first-order chi connectivity index (χ1) is 9.54. The summed E-state index contributed by atoms with van der Waals surface area (Å²) in [6, 6.07) is 7.82. The average molecular weight is 291 g/mol. The zero-order valence-electron chi connectivity index (χ0n) is 10.8. The summed E-state index contributed by atoms with van der Waals surface area (Å²) in [5.41, 5.74) is 2.05. The average Bonchev–Trinajstić information content (AvgIpc) is 2.85. The third-order valence-electron chi connectivity index (χ3n) is 2.50. The van der Waals surface area contributed by atoms with Crippen LogP contribution in [0.25, 0.3) is 10.6 Å². The van der Waals surface area contributed by atoms with Crippen LogP contribution in [0.3, 0.4) is 0 Å². The van der Waals surface area contributed by atoms with E-state index in [9.17, 15) is 9.59 Å². The van der Waals surface area contributed by atoms with Crippen molar-refractivity contribution >= 4 is 28.3 Å². The van der Waals surface area contributed by atoms with Gasteiger partial charge in [0, 0.05) is 12.0 Å². The minimum absolute atomic E-state index is 0.0747. The van der Waals surface area contributed by atoms with Gasteiger partial charge in [-0.2, -0.15) is 0 Å². The Bertz CT molecular complexity index is 639. The zero-order valence-corrected chi connectivity index (χ0v) is 11.6. The van der Waals surface area contributed by atoms with Crippen LogP contribution in [-0.2, 0) is 9.59 Å². The lowest BCUT2D eigenvalue weighted by Crippen LogP contribution is -2.12. The molecule has 1 heterocycles. The van der Waals surface area contributed by atoms with E-state index in [2.05, 4.69) is 15.5 Å². The number of carboxylic acid groups (broad SMARTS) is 1. The lowest BCUT2D eigenvalue weighted by molar-refractivity contribution is -0.138. The Morgan fingerprint density at radius 2 is 2.10 bits per heavy atom. The quantitative estimate of drug-likeness (QED) is 0.882. The van der Waals surface area contributed by atoms with Gasteiger partial charge in [0.25, 0.3) is 0 Å². The van der Waals surface area contributed by atoms with Gasteiger partial charge < -0.3 is 10.4 Å². The molecule has 2 rings (SSSR count). The maximum absolute atomic E-state index is 11.5. The van der Waals surface area contributed by atoms with Gasteiger partial charge in [-0.15, -0.1) is 10.2 Å². The fourth-order valence-electron chi connectivity index (χ4n) is 1.57. The van der Waals surface area contributed by atoms with Gasteiger partial charge in [-0.05, 0) is 13.0 Å². The Morgan fingerprint density at radius 3 is 2.80 bits per heavy atom. The Hall–Kier alpha value is -2.28. The Morgan fingerprint density at radius 1 is 1.30 bits per heavy atom. The van der Waals surface area contributed by atoms with Crippen LogP contribution in [0.15, 0.2) is 24.3 Å². The van der Waals surface area contributed by atoms with E-state index < -0.39 is 5.97 Å². The smallest absolute Gasteiger partial charge is 0.303 e. The molecular formula is C13H13N3O3S. The second-order valence-electron chi connectivity index (χ2n) is 4.22. The Kier molecular flexibility index (Phi) is 4.41. The topological polar surface area (TPSA) is 92.2 Å². The maximum Gasteiger partial charge on any atom is 0.303 e. The minimum atomic E-state index is -1.00. The number of amides is 1. The second kappa shape index (κ2) is 6.25. The summed E-state index contributed by atoms with van der Waals surface area (Å²) in [5, 5.41) is 20.0. The Labute approximate surface area is 119 Å². The molecule has 0 saturated carbocycles. The lowest BCUT2D eigenvalue weighted by atomic mass is 10.1. The highest BCUT2D eigenvalue weighted by molar-refractivity contribution is 7.18. The lowest BCUT2D eigenvalue weighted by Gasteiger charge is -1.98. The summed E-state index contributed by atoms with van der Waals surface area (Å²) >= 11 is 1.26. The van der Waals surface area contributed by atoms with Crippen LogP contribution in [0.5, 0.6) is 0 Å². The summed E-state index contributed by atoms with van der Waals surface area (Å²) in [5.74, 6) is -1.38. The van der Waals surface area contributed by atoms with Crippen molar-refractivity contribution in [1.82, 2.24) is 10.2 Å². The van der Waals surface area contributed by atoms with Crippen molar-refractivity contribution in [2.24, 2.45) is 0 Å². The van der Waals surface area contributed by atoms with E-state index in [4.69, 9.17) is 5.11 Å². The van der Waals surface area contributed by atoms with Crippen LogP contribution in [-0.4, -0.2) is 27.2 Å². The minimum Gasteiger partial charge on any atom is -0.481 e. The molecule has 0 spiro atoms. The molecule has 0 fully saturated rings. The van der Waals surface area contributed by atoms with E-state index >= 15 is 0 Å². The van der Waals surface area contributed by atoms with Crippen LogP contribution in [0.1, 0.15) is 18.4 Å². The molecule has 0 aliphatic rings. The van der Waals surface area contributed by atoms with Crippen molar-refractivity contribution < 1.29 is 14.7 Å². The number of aromatic nitrogens is 2. The number of hydrogen-bond acceptors (Lipinski definition) is 5. The molecule has 2 aromatic rings. The van der Waals surface area contributed by atoms with Crippen LogP contribution in [0.4, 0.5) is 5.13 Å². The molecule has 1 aromatic carbocycles. The van der Waals surface area contributed by atoms with Crippen molar-refractivity contribution in [2.75, 3.05) is 5.32 Å². The van der Waals surface area contributed by atoms with E-state index in [1.165, 1.54) is 11.3 Å². The van der Waals surface area contributed by atoms with Crippen LogP contribution in [0.2, 0.25) is 0 Å². The molecule has 1 aromatic heterocycles. The van der Waals surface area contributed by atoms with Gasteiger partial charge in [-0.1, -0.05) is 35.1 Å². The first kappa shape index (κ1) is 14.1. The summed E-state index contributed by atoms with van der Waals surface area (Å²) in [4.78, 5) is 21.9. The fraction of sp³-hybridized carbons (Fsp3) is 0.231. The molecular weight excluding hydrogens is 278 g/mol. The maximum atomic E-state index is 11.5. The standard InChI is InChI=1S/C13H13N3O3S/c1-8-3-2-4-9(7-8)12-15-16-13(20-12)14-10(17)5-6-11(18)19/h2-4,7H,5-6H2,1H3,(H,18,19)(H,14,16,17). The number of carbonyl (C=O) groups excluding carboxylic acids is 1. The number of rotatable bonds is 5. The number of carbonyl (C=O) groups is 2. The normalized spacial score (nSPS) is 10.2. The van der Waals surface area contributed by atoms with Gasteiger partial charge in [-0.3, -0.25) is 9.59 Å². The van der Waals surface area contributed by atoms with Crippen molar-refractivity contribution in [3.8, 4) is 10.6 Å². The van der Waals surface area contributed by atoms with Crippen molar-refractivity contribution in [2.45, 2.75) is 19.8 Å². The highest BCUT2D eigenvalue weighted by Crippen LogP contribution is 2.26. The molecule has 7 heteroatoms. The van der Waals surface area contributed by atoms with E-state index in [-0.39, 0.29) is 18.7 Å². The molecule has 1 amide bonds. The van der Waals surface area contributed by atoms with Crippen LogP contribution >= 0.6 is 11.3 Å².